The van der Waals surface area contributed by atoms with Crippen LogP contribution in [0.4, 0.5) is 0 Å². The van der Waals surface area contributed by atoms with Gasteiger partial charge in [0, 0.05) is 18.0 Å². The Hall–Kier alpha value is -1.89. The van der Waals surface area contributed by atoms with Crippen LogP contribution < -0.4 is 0 Å². The van der Waals surface area contributed by atoms with E-state index in [0.29, 0.717) is 0 Å². The molecule has 0 amide bonds. The van der Waals surface area contributed by atoms with Crippen molar-refractivity contribution in [2.45, 2.75) is 23.9 Å². The van der Waals surface area contributed by atoms with E-state index in [1.807, 2.05) is 24.3 Å². The Morgan fingerprint density at radius 1 is 1.13 bits per heavy atom. The molecule has 120 valence electrons. The van der Waals surface area contributed by atoms with Crippen molar-refractivity contribution < 1.29 is 18.3 Å². The number of rotatable bonds is 3. The van der Waals surface area contributed by atoms with Gasteiger partial charge in [-0.2, -0.15) is 4.31 Å². The minimum absolute atomic E-state index is 0.00405. The van der Waals surface area contributed by atoms with Gasteiger partial charge in [-0.15, -0.1) is 0 Å². The molecule has 0 aliphatic carbocycles. The second-order valence-corrected chi connectivity index (χ2v) is 7.66. The molecule has 7 heteroatoms. The fourth-order valence-corrected chi connectivity index (χ4v) is 4.59. The van der Waals surface area contributed by atoms with Crippen LogP contribution in [-0.2, 0) is 27.8 Å². The van der Waals surface area contributed by atoms with Crippen molar-refractivity contribution in [1.29, 1.82) is 0 Å². The number of halogens is 1. The Morgan fingerprint density at radius 2 is 1.83 bits per heavy atom. The Kier molecular flexibility index (Phi) is 4.14. The molecule has 2 aromatic rings. The molecule has 0 radical (unpaired) electrons. The molecule has 0 spiro atoms. The van der Waals surface area contributed by atoms with Crippen LogP contribution in [0.3, 0.4) is 0 Å². The van der Waals surface area contributed by atoms with Gasteiger partial charge in [0.05, 0.1) is 4.90 Å². The Morgan fingerprint density at radius 3 is 2.48 bits per heavy atom. The van der Waals surface area contributed by atoms with E-state index in [1.165, 1.54) is 18.2 Å². The van der Waals surface area contributed by atoms with E-state index in [1.54, 1.807) is 6.07 Å². The van der Waals surface area contributed by atoms with Gasteiger partial charge in [-0.3, -0.25) is 4.79 Å². The quantitative estimate of drug-likeness (QED) is 0.922. The lowest BCUT2D eigenvalue weighted by Crippen LogP contribution is -2.48. The molecule has 0 fully saturated rings. The highest BCUT2D eigenvalue weighted by atomic mass is 35.5. The average Bonchev–Trinajstić information content (AvgIpc) is 2.53. The van der Waals surface area contributed by atoms with Gasteiger partial charge in [0.1, 0.15) is 6.04 Å². The summed E-state index contributed by atoms with van der Waals surface area (Å²) in [4.78, 5) is 11.6. The zero-order chi connectivity index (χ0) is 16.6. The number of nitrogens with zero attached hydrogens (tertiary/aromatic N) is 1. The first kappa shape index (κ1) is 16.0. The summed E-state index contributed by atoms with van der Waals surface area (Å²) >= 11 is 5.87. The predicted octanol–water partition coefficient (Wildman–Crippen LogP) is 2.54. The monoisotopic (exact) mass is 351 g/mol. The van der Waals surface area contributed by atoms with Crippen LogP contribution in [-0.4, -0.2) is 29.8 Å². The van der Waals surface area contributed by atoms with Crippen molar-refractivity contribution >= 4 is 27.6 Å². The summed E-state index contributed by atoms with van der Waals surface area (Å²) in [5.41, 5.74) is 1.67. The van der Waals surface area contributed by atoms with Gasteiger partial charge in [-0.25, -0.2) is 8.42 Å². The molecule has 3 rings (SSSR count). The van der Waals surface area contributed by atoms with Crippen LogP contribution in [0.2, 0.25) is 5.02 Å². The Labute approximate surface area is 139 Å². The van der Waals surface area contributed by atoms with E-state index < -0.39 is 22.0 Å². The fourth-order valence-electron chi connectivity index (χ4n) is 2.72. The molecule has 0 aromatic heterocycles. The smallest absolute Gasteiger partial charge is 0.322 e. The van der Waals surface area contributed by atoms with Crippen LogP contribution >= 0.6 is 11.6 Å². The van der Waals surface area contributed by atoms with Crippen molar-refractivity contribution in [3.05, 3.63) is 64.7 Å². The third-order valence-electron chi connectivity index (χ3n) is 3.89. The number of fused-ring (bicyclic) bond motifs is 1. The molecule has 1 heterocycles. The fraction of sp³-hybridized carbons (Fsp3) is 0.188. The lowest BCUT2D eigenvalue weighted by atomic mass is 9.96. The van der Waals surface area contributed by atoms with E-state index in [-0.39, 0.29) is 22.9 Å². The minimum Gasteiger partial charge on any atom is -0.480 e. The number of benzene rings is 2. The molecule has 1 aliphatic heterocycles. The highest BCUT2D eigenvalue weighted by molar-refractivity contribution is 7.89. The summed E-state index contributed by atoms with van der Waals surface area (Å²) in [6, 6.07) is 12.0. The van der Waals surface area contributed by atoms with E-state index in [4.69, 9.17) is 11.6 Å². The van der Waals surface area contributed by atoms with Gasteiger partial charge >= 0.3 is 5.97 Å². The van der Waals surface area contributed by atoms with Crippen molar-refractivity contribution in [1.82, 2.24) is 4.31 Å². The van der Waals surface area contributed by atoms with Crippen molar-refractivity contribution in [3.63, 3.8) is 0 Å². The van der Waals surface area contributed by atoms with Gasteiger partial charge in [0.25, 0.3) is 0 Å². The topological polar surface area (TPSA) is 74.7 Å². The van der Waals surface area contributed by atoms with Crippen LogP contribution in [0.5, 0.6) is 0 Å². The van der Waals surface area contributed by atoms with E-state index in [2.05, 4.69) is 0 Å². The summed E-state index contributed by atoms with van der Waals surface area (Å²) in [6.45, 7) is 0.0297. The second-order valence-electron chi connectivity index (χ2n) is 5.33. The molecule has 23 heavy (non-hydrogen) atoms. The first-order chi connectivity index (χ1) is 10.9. The summed E-state index contributed by atoms with van der Waals surface area (Å²) < 4.78 is 26.8. The first-order valence-electron chi connectivity index (χ1n) is 6.96. The third-order valence-corrected chi connectivity index (χ3v) is 5.98. The largest absolute Gasteiger partial charge is 0.480 e. The van der Waals surface area contributed by atoms with Gasteiger partial charge in [-0.1, -0.05) is 41.9 Å². The minimum atomic E-state index is -3.95. The number of aliphatic carboxylic acids is 1. The zero-order valence-corrected chi connectivity index (χ0v) is 13.6. The molecule has 0 saturated heterocycles. The number of carbonyl (C=O) groups is 1. The van der Waals surface area contributed by atoms with Crippen LogP contribution in [0.25, 0.3) is 0 Å². The molecule has 1 atom stereocenters. The molecule has 2 aromatic carbocycles. The lowest BCUT2D eigenvalue weighted by molar-refractivity contribution is -0.141. The number of hydrogen-bond acceptors (Lipinski definition) is 3. The molecular weight excluding hydrogens is 338 g/mol. The van der Waals surface area contributed by atoms with Crippen LogP contribution in [0.15, 0.2) is 53.4 Å². The van der Waals surface area contributed by atoms with Gasteiger partial charge in [0.15, 0.2) is 0 Å². The van der Waals surface area contributed by atoms with Crippen molar-refractivity contribution in [3.8, 4) is 0 Å². The molecule has 1 N–H and O–H groups in total. The average molecular weight is 352 g/mol. The highest BCUT2D eigenvalue weighted by Gasteiger charge is 2.39. The van der Waals surface area contributed by atoms with E-state index in [9.17, 15) is 18.3 Å². The van der Waals surface area contributed by atoms with Crippen LogP contribution in [0.1, 0.15) is 11.1 Å². The van der Waals surface area contributed by atoms with E-state index >= 15 is 0 Å². The van der Waals surface area contributed by atoms with Crippen LogP contribution in [0, 0.1) is 0 Å². The molecule has 0 bridgehead atoms. The number of carboxylic acid groups (broad SMARTS) is 1. The van der Waals surface area contributed by atoms with Crippen molar-refractivity contribution in [2.75, 3.05) is 0 Å². The number of sulfonamides is 1. The summed E-state index contributed by atoms with van der Waals surface area (Å²) in [7, 11) is -3.95. The maximum atomic E-state index is 12.9. The summed E-state index contributed by atoms with van der Waals surface area (Å²) in [5, 5.41) is 9.75. The summed E-state index contributed by atoms with van der Waals surface area (Å²) in [5.74, 6) is -1.16. The second kappa shape index (κ2) is 5.96. The first-order valence-corrected chi connectivity index (χ1v) is 8.78. The number of carboxylic acids is 1. The molecule has 5 nitrogen and oxygen atoms in total. The SMILES string of the molecule is O=C(O)[C@@H]1Cc2ccccc2CN1S(=O)(=O)c1cccc(Cl)c1. The van der Waals surface area contributed by atoms with Gasteiger partial charge < -0.3 is 5.11 Å². The van der Waals surface area contributed by atoms with Gasteiger partial charge in [0.2, 0.25) is 10.0 Å². The standard InChI is InChI=1S/C16H14ClNO4S/c17-13-6-3-7-14(9-13)23(21,22)18-10-12-5-2-1-4-11(12)8-15(18)16(19)20/h1-7,9,15H,8,10H2,(H,19,20)/t15-/m0/s1. The Balaban J connectivity index is 2.07. The molecule has 0 saturated carbocycles. The lowest BCUT2D eigenvalue weighted by Gasteiger charge is -2.33. The number of hydrogen-bond donors (Lipinski definition) is 1. The summed E-state index contributed by atoms with van der Waals surface area (Å²) in [6.07, 6.45) is 0.144. The normalized spacial score (nSPS) is 18.4. The van der Waals surface area contributed by atoms with Crippen molar-refractivity contribution in [2.24, 2.45) is 0 Å². The third kappa shape index (κ3) is 2.97. The van der Waals surface area contributed by atoms with Gasteiger partial charge in [-0.05, 0) is 29.3 Å². The zero-order valence-electron chi connectivity index (χ0n) is 12.0. The maximum Gasteiger partial charge on any atom is 0.322 e. The highest BCUT2D eigenvalue weighted by Crippen LogP contribution is 2.30. The van der Waals surface area contributed by atoms with E-state index in [0.717, 1.165) is 15.4 Å². The predicted molar refractivity (Wildman–Crippen MR) is 85.8 cm³/mol. The molecule has 0 unspecified atom stereocenters. The Bertz CT molecular complexity index is 866. The molecular formula is C16H14ClNO4S. The maximum absolute atomic E-state index is 12.9. The molecule has 1 aliphatic rings.